The van der Waals surface area contributed by atoms with Crippen molar-refractivity contribution in [2.75, 3.05) is 19.6 Å². The molecule has 1 aromatic carbocycles. The van der Waals surface area contributed by atoms with Crippen LogP contribution in [0.25, 0.3) is 0 Å². The largest absolute Gasteiger partial charge is 0.354 e. The maximum Gasteiger partial charge on any atom is 0.220 e. The number of benzene rings is 1. The second-order valence-electron chi connectivity index (χ2n) is 7.23. The molecule has 1 saturated heterocycles. The number of amides is 1. The molecule has 144 valence electrons. The Hall–Kier alpha value is -1.98. The summed E-state index contributed by atoms with van der Waals surface area (Å²) in [6, 6.07) is 12.6. The van der Waals surface area contributed by atoms with Crippen LogP contribution in [0.5, 0.6) is 0 Å². The number of thiophene rings is 1. The van der Waals surface area contributed by atoms with E-state index in [2.05, 4.69) is 41.4 Å². The lowest BCUT2D eigenvalue weighted by atomic mass is 10.0. The van der Waals surface area contributed by atoms with E-state index in [0.717, 1.165) is 18.0 Å². The fourth-order valence-electron chi connectivity index (χ4n) is 3.57. The van der Waals surface area contributed by atoms with Crippen LogP contribution >= 0.6 is 11.3 Å². The van der Waals surface area contributed by atoms with Crippen molar-refractivity contribution >= 4 is 23.0 Å². The summed E-state index contributed by atoms with van der Waals surface area (Å²) in [6.07, 6.45) is 3.88. The first-order chi connectivity index (χ1) is 13.1. The maximum atomic E-state index is 12.3. The third kappa shape index (κ3) is 5.75. The van der Waals surface area contributed by atoms with Crippen molar-refractivity contribution in [1.82, 2.24) is 10.2 Å². The molecule has 4 nitrogen and oxygen atoms in total. The van der Waals surface area contributed by atoms with Crippen molar-refractivity contribution in [2.45, 2.75) is 45.1 Å². The normalized spacial score (nSPS) is 15.6. The molecular formula is C22H28N2O2S. The minimum absolute atomic E-state index is 0.0327. The molecule has 1 amide bonds. The second-order valence-corrected chi connectivity index (χ2v) is 8.18. The first kappa shape index (κ1) is 19.8. The van der Waals surface area contributed by atoms with Crippen molar-refractivity contribution in [3.63, 3.8) is 0 Å². The van der Waals surface area contributed by atoms with E-state index in [-0.39, 0.29) is 17.7 Å². The molecule has 0 spiro atoms. The fraction of sp³-hybridized carbons (Fsp3) is 0.455. The third-order valence-corrected chi connectivity index (χ3v) is 6.05. The summed E-state index contributed by atoms with van der Waals surface area (Å²) < 4.78 is 0. The molecule has 1 aliphatic heterocycles. The summed E-state index contributed by atoms with van der Waals surface area (Å²) in [4.78, 5) is 27.5. The zero-order valence-electron chi connectivity index (χ0n) is 15.9. The molecule has 5 heteroatoms. The molecule has 2 heterocycles. The third-order valence-electron chi connectivity index (χ3n) is 5.14. The second kappa shape index (κ2) is 9.81. The molecule has 0 radical (unpaired) electrons. The van der Waals surface area contributed by atoms with Gasteiger partial charge in [0.25, 0.3) is 0 Å². The molecule has 0 bridgehead atoms. The van der Waals surface area contributed by atoms with E-state index in [0.29, 0.717) is 25.8 Å². The Morgan fingerprint density at radius 3 is 2.52 bits per heavy atom. The van der Waals surface area contributed by atoms with E-state index in [1.54, 1.807) is 0 Å². The van der Waals surface area contributed by atoms with Crippen LogP contribution in [0.1, 0.15) is 58.9 Å². The van der Waals surface area contributed by atoms with Gasteiger partial charge in [-0.2, -0.15) is 0 Å². The number of hydrogen-bond donors (Lipinski definition) is 1. The summed E-state index contributed by atoms with van der Waals surface area (Å²) >= 11 is 1.46. The van der Waals surface area contributed by atoms with Crippen molar-refractivity contribution in [1.29, 1.82) is 0 Å². The average molecular weight is 385 g/mol. The molecule has 1 aromatic heterocycles. The van der Waals surface area contributed by atoms with Gasteiger partial charge >= 0.3 is 0 Å². The highest BCUT2D eigenvalue weighted by Crippen LogP contribution is 2.25. The van der Waals surface area contributed by atoms with E-state index in [1.807, 2.05) is 17.5 Å². The average Bonchev–Trinajstić information content (AvgIpc) is 3.37. The Morgan fingerprint density at radius 2 is 1.85 bits per heavy atom. The number of Topliss-reactive ketones (excluding diaryl/α,β-unsaturated/α-hetero) is 1. The van der Waals surface area contributed by atoms with Crippen LogP contribution in [0.15, 0.2) is 41.8 Å². The van der Waals surface area contributed by atoms with Gasteiger partial charge in [-0.25, -0.2) is 0 Å². The SMILES string of the molecule is Cc1ccc(C(CNC(=O)CCCC(=O)c2cccs2)N2CCCC2)cc1. The fourth-order valence-corrected chi connectivity index (χ4v) is 4.26. The number of nitrogens with zero attached hydrogens (tertiary/aromatic N) is 1. The number of carbonyl (C=O) groups excluding carboxylic acids is 2. The van der Waals surface area contributed by atoms with Crippen LogP contribution < -0.4 is 5.32 Å². The standard InChI is InChI=1S/C22H28N2O2S/c1-17-9-11-18(12-10-17)19(24-13-2-3-14-24)16-23-22(26)8-4-6-20(25)21-7-5-15-27-21/h5,7,9-12,15,19H,2-4,6,8,13-14,16H2,1H3,(H,23,26). The molecule has 2 aromatic rings. The highest BCUT2D eigenvalue weighted by molar-refractivity contribution is 7.12. The van der Waals surface area contributed by atoms with Gasteiger partial charge in [0.05, 0.1) is 10.9 Å². The first-order valence-electron chi connectivity index (χ1n) is 9.77. The van der Waals surface area contributed by atoms with Gasteiger partial charge in [0, 0.05) is 19.4 Å². The van der Waals surface area contributed by atoms with Crippen LogP contribution in [0.2, 0.25) is 0 Å². The minimum atomic E-state index is 0.0327. The highest BCUT2D eigenvalue weighted by atomic mass is 32.1. The Bertz CT molecular complexity index is 734. The van der Waals surface area contributed by atoms with Crippen LogP contribution in [0.3, 0.4) is 0 Å². The molecule has 27 heavy (non-hydrogen) atoms. The molecule has 0 saturated carbocycles. The number of nitrogens with one attached hydrogen (secondary N) is 1. The number of likely N-dealkylation sites (tertiary alicyclic amines) is 1. The van der Waals surface area contributed by atoms with Crippen molar-refractivity contribution < 1.29 is 9.59 Å². The number of carbonyl (C=O) groups is 2. The van der Waals surface area contributed by atoms with Gasteiger partial charge in [-0.1, -0.05) is 35.9 Å². The summed E-state index contributed by atoms with van der Waals surface area (Å²) in [5.41, 5.74) is 2.51. The van der Waals surface area contributed by atoms with Crippen molar-refractivity contribution in [3.8, 4) is 0 Å². The molecule has 1 aliphatic rings. The van der Waals surface area contributed by atoms with E-state index < -0.39 is 0 Å². The van der Waals surface area contributed by atoms with Gasteiger partial charge in [0.15, 0.2) is 5.78 Å². The Kier molecular flexibility index (Phi) is 7.18. The van der Waals surface area contributed by atoms with Crippen LogP contribution in [0, 0.1) is 6.92 Å². The van der Waals surface area contributed by atoms with Crippen LogP contribution in [0.4, 0.5) is 0 Å². The molecule has 3 rings (SSSR count). The maximum absolute atomic E-state index is 12.3. The highest BCUT2D eigenvalue weighted by Gasteiger charge is 2.23. The molecule has 0 aliphatic carbocycles. The van der Waals surface area contributed by atoms with Crippen LogP contribution in [-0.2, 0) is 4.79 Å². The molecule has 1 N–H and O–H groups in total. The smallest absolute Gasteiger partial charge is 0.220 e. The molecule has 1 atom stereocenters. The van der Waals surface area contributed by atoms with E-state index in [1.165, 1.54) is 35.3 Å². The lowest BCUT2D eigenvalue weighted by Crippen LogP contribution is -2.36. The molecule has 1 fully saturated rings. The summed E-state index contributed by atoms with van der Waals surface area (Å²) in [6.45, 7) is 4.89. The van der Waals surface area contributed by atoms with Gasteiger partial charge in [0.2, 0.25) is 5.91 Å². The van der Waals surface area contributed by atoms with Gasteiger partial charge < -0.3 is 5.32 Å². The molecule has 1 unspecified atom stereocenters. The Balaban J connectivity index is 1.48. The predicted octanol–water partition coefficient (Wildman–Crippen LogP) is 4.36. The van der Waals surface area contributed by atoms with Crippen molar-refractivity contribution in [2.24, 2.45) is 0 Å². The number of aryl methyl sites for hydroxylation is 1. The number of rotatable bonds is 9. The van der Waals surface area contributed by atoms with Gasteiger partial charge in [-0.3, -0.25) is 14.5 Å². The predicted molar refractivity (Wildman–Crippen MR) is 110 cm³/mol. The Labute approximate surface area is 165 Å². The van der Waals surface area contributed by atoms with Gasteiger partial charge in [-0.05, 0) is 56.3 Å². The van der Waals surface area contributed by atoms with Crippen molar-refractivity contribution in [3.05, 3.63) is 57.8 Å². The zero-order chi connectivity index (χ0) is 19.1. The van der Waals surface area contributed by atoms with E-state index in [4.69, 9.17) is 0 Å². The lowest BCUT2D eigenvalue weighted by Gasteiger charge is -2.28. The lowest BCUT2D eigenvalue weighted by molar-refractivity contribution is -0.121. The minimum Gasteiger partial charge on any atom is -0.354 e. The zero-order valence-corrected chi connectivity index (χ0v) is 16.8. The van der Waals surface area contributed by atoms with E-state index in [9.17, 15) is 9.59 Å². The topological polar surface area (TPSA) is 49.4 Å². The first-order valence-corrected chi connectivity index (χ1v) is 10.7. The quantitative estimate of drug-likeness (QED) is 0.654. The van der Waals surface area contributed by atoms with Gasteiger partial charge in [0.1, 0.15) is 0 Å². The van der Waals surface area contributed by atoms with E-state index >= 15 is 0 Å². The summed E-state index contributed by atoms with van der Waals surface area (Å²) in [5.74, 6) is 0.165. The molecular weight excluding hydrogens is 356 g/mol. The summed E-state index contributed by atoms with van der Waals surface area (Å²) in [5, 5.41) is 5.00. The number of hydrogen-bond acceptors (Lipinski definition) is 4. The van der Waals surface area contributed by atoms with Gasteiger partial charge in [-0.15, -0.1) is 11.3 Å². The summed E-state index contributed by atoms with van der Waals surface area (Å²) in [7, 11) is 0. The van der Waals surface area contributed by atoms with Crippen LogP contribution in [-0.4, -0.2) is 36.2 Å². The number of ketones is 1. The Morgan fingerprint density at radius 1 is 1.11 bits per heavy atom. The monoisotopic (exact) mass is 384 g/mol.